The fourth-order valence-electron chi connectivity index (χ4n) is 1.66. The Morgan fingerprint density at radius 3 is 2.62 bits per heavy atom. The van der Waals surface area contributed by atoms with E-state index in [-0.39, 0.29) is 29.1 Å². The summed E-state index contributed by atoms with van der Waals surface area (Å²) in [5, 5.41) is 2.70. The summed E-state index contributed by atoms with van der Waals surface area (Å²) in [6.07, 6.45) is 0.782. The largest absolute Gasteiger partial charge is 0.495 e. The molecular weight excluding hydrogens is 292 g/mol. The van der Waals surface area contributed by atoms with Crippen LogP contribution in [0.1, 0.15) is 25.8 Å². The van der Waals surface area contributed by atoms with Crippen LogP contribution in [0.4, 0.5) is 0 Å². The van der Waals surface area contributed by atoms with Crippen molar-refractivity contribution < 1.29 is 17.9 Å². The molecule has 7 heteroatoms. The van der Waals surface area contributed by atoms with Crippen molar-refractivity contribution in [2.75, 3.05) is 13.7 Å². The van der Waals surface area contributed by atoms with Crippen molar-refractivity contribution in [3.8, 4) is 5.75 Å². The van der Waals surface area contributed by atoms with Gasteiger partial charge in [0.25, 0.3) is 0 Å². The molecule has 0 aromatic heterocycles. The maximum atomic E-state index is 12.3. The minimum atomic E-state index is -3.80. The molecule has 0 aliphatic rings. The van der Waals surface area contributed by atoms with Crippen molar-refractivity contribution in [1.82, 2.24) is 10.0 Å². The zero-order valence-corrected chi connectivity index (χ0v) is 13.6. The highest BCUT2D eigenvalue weighted by atomic mass is 32.2. The molecule has 1 rings (SSSR count). The molecule has 0 spiro atoms. The molecule has 1 unspecified atom stereocenters. The molecule has 1 aromatic rings. The average Bonchev–Trinajstić information content (AvgIpc) is 2.45. The molecular formula is C14H22N2O4S. The summed E-state index contributed by atoms with van der Waals surface area (Å²) in [5.74, 6) is -0.116. The number of ether oxygens (including phenoxy) is 1. The van der Waals surface area contributed by atoms with Crippen LogP contribution in [0.5, 0.6) is 5.75 Å². The maximum Gasteiger partial charge on any atom is 0.244 e. The van der Waals surface area contributed by atoms with Gasteiger partial charge in [-0.1, -0.05) is 13.0 Å². The molecule has 0 heterocycles. The number of sulfonamides is 1. The van der Waals surface area contributed by atoms with Crippen LogP contribution in [0.3, 0.4) is 0 Å². The van der Waals surface area contributed by atoms with Gasteiger partial charge in [0.1, 0.15) is 10.6 Å². The van der Waals surface area contributed by atoms with E-state index in [0.29, 0.717) is 0 Å². The van der Waals surface area contributed by atoms with Crippen LogP contribution in [0, 0.1) is 6.92 Å². The highest BCUT2D eigenvalue weighted by Gasteiger charge is 2.20. The Morgan fingerprint density at radius 1 is 1.38 bits per heavy atom. The lowest BCUT2D eigenvalue weighted by Gasteiger charge is -2.13. The Hall–Kier alpha value is -1.60. The van der Waals surface area contributed by atoms with Gasteiger partial charge in [0.15, 0.2) is 0 Å². The summed E-state index contributed by atoms with van der Waals surface area (Å²) in [5.41, 5.74) is 0.792. The monoisotopic (exact) mass is 314 g/mol. The number of carbonyl (C=O) groups is 1. The van der Waals surface area contributed by atoms with Gasteiger partial charge in [0.2, 0.25) is 15.9 Å². The van der Waals surface area contributed by atoms with E-state index in [1.165, 1.54) is 13.2 Å². The number of amides is 1. The average molecular weight is 314 g/mol. The van der Waals surface area contributed by atoms with Gasteiger partial charge in [-0.05, 0) is 38.0 Å². The van der Waals surface area contributed by atoms with Crippen LogP contribution in [-0.2, 0) is 14.8 Å². The van der Waals surface area contributed by atoms with Crippen molar-refractivity contribution in [1.29, 1.82) is 0 Å². The molecule has 0 aliphatic carbocycles. The molecule has 0 saturated heterocycles. The second kappa shape index (κ2) is 7.42. The number of hydrogen-bond acceptors (Lipinski definition) is 4. The predicted octanol–water partition coefficient (Wildman–Crippen LogP) is 1.20. The zero-order chi connectivity index (χ0) is 16.0. The molecule has 0 fully saturated rings. The van der Waals surface area contributed by atoms with Crippen LogP contribution in [0.25, 0.3) is 0 Å². The van der Waals surface area contributed by atoms with Gasteiger partial charge in [0, 0.05) is 6.04 Å². The van der Waals surface area contributed by atoms with Crippen molar-refractivity contribution in [2.24, 2.45) is 0 Å². The van der Waals surface area contributed by atoms with Crippen LogP contribution < -0.4 is 14.8 Å². The highest BCUT2D eigenvalue weighted by molar-refractivity contribution is 7.89. The summed E-state index contributed by atoms with van der Waals surface area (Å²) < 4.78 is 31.8. The third-order valence-corrected chi connectivity index (χ3v) is 4.47. The molecule has 0 bridgehead atoms. The van der Waals surface area contributed by atoms with E-state index in [1.807, 2.05) is 13.8 Å². The fraction of sp³-hybridized carbons (Fsp3) is 0.500. The van der Waals surface area contributed by atoms with E-state index in [0.717, 1.165) is 12.0 Å². The molecule has 21 heavy (non-hydrogen) atoms. The molecule has 0 saturated carbocycles. The number of rotatable bonds is 7. The summed E-state index contributed by atoms with van der Waals surface area (Å²) in [6.45, 7) is 5.28. The van der Waals surface area contributed by atoms with Gasteiger partial charge in [-0.3, -0.25) is 4.79 Å². The van der Waals surface area contributed by atoms with Crippen LogP contribution >= 0.6 is 0 Å². The number of methoxy groups -OCH3 is 1. The summed E-state index contributed by atoms with van der Waals surface area (Å²) in [6, 6.07) is 4.86. The minimum absolute atomic E-state index is 0.00973. The number of hydrogen-bond donors (Lipinski definition) is 2. The predicted molar refractivity (Wildman–Crippen MR) is 80.8 cm³/mol. The highest BCUT2D eigenvalue weighted by Crippen LogP contribution is 2.24. The SMILES string of the molecule is CCC(C)NC(=O)CNS(=O)(=O)c1cc(C)ccc1OC. The van der Waals surface area contributed by atoms with E-state index in [4.69, 9.17) is 4.74 Å². The van der Waals surface area contributed by atoms with Gasteiger partial charge in [-0.25, -0.2) is 13.1 Å². The van der Waals surface area contributed by atoms with E-state index in [9.17, 15) is 13.2 Å². The third kappa shape index (κ3) is 5.02. The number of carbonyl (C=O) groups excluding carboxylic acids is 1. The molecule has 1 aromatic carbocycles. The smallest absolute Gasteiger partial charge is 0.244 e. The Bertz CT molecular complexity index is 599. The Balaban J connectivity index is 2.83. The molecule has 2 N–H and O–H groups in total. The maximum absolute atomic E-state index is 12.3. The third-order valence-electron chi connectivity index (χ3n) is 3.05. The lowest BCUT2D eigenvalue weighted by atomic mass is 10.2. The van der Waals surface area contributed by atoms with Crippen molar-refractivity contribution in [3.05, 3.63) is 23.8 Å². The quantitative estimate of drug-likeness (QED) is 0.792. The Kier molecular flexibility index (Phi) is 6.17. The molecule has 0 aliphatic heterocycles. The minimum Gasteiger partial charge on any atom is -0.495 e. The van der Waals surface area contributed by atoms with Crippen molar-refractivity contribution >= 4 is 15.9 Å². The number of benzene rings is 1. The van der Waals surface area contributed by atoms with Crippen molar-refractivity contribution in [2.45, 2.75) is 38.1 Å². The summed E-state index contributed by atoms with van der Waals surface area (Å²) in [7, 11) is -2.40. The first kappa shape index (κ1) is 17.5. The second-order valence-corrected chi connectivity index (χ2v) is 6.59. The molecule has 1 amide bonds. The topological polar surface area (TPSA) is 84.5 Å². The van der Waals surface area contributed by atoms with E-state index in [2.05, 4.69) is 10.0 Å². The van der Waals surface area contributed by atoms with Crippen LogP contribution in [-0.4, -0.2) is 34.0 Å². The van der Waals surface area contributed by atoms with Gasteiger partial charge in [0.05, 0.1) is 13.7 Å². The Labute approximate surface area is 125 Å². The molecule has 1 atom stereocenters. The van der Waals surface area contributed by atoms with E-state index in [1.54, 1.807) is 19.1 Å². The van der Waals surface area contributed by atoms with Gasteiger partial charge < -0.3 is 10.1 Å². The van der Waals surface area contributed by atoms with E-state index >= 15 is 0 Å². The van der Waals surface area contributed by atoms with Gasteiger partial charge >= 0.3 is 0 Å². The molecule has 0 radical (unpaired) electrons. The fourth-order valence-corrected chi connectivity index (χ4v) is 2.89. The van der Waals surface area contributed by atoms with Crippen LogP contribution in [0.15, 0.2) is 23.1 Å². The van der Waals surface area contributed by atoms with E-state index < -0.39 is 10.0 Å². The number of aryl methyl sites for hydroxylation is 1. The normalized spacial score (nSPS) is 12.8. The first-order valence-corrected chi connectivity index (χ1v) is 8.22. The Morgan fingerprint density at radius 2 is 2.05 bits per heavy atom. The standard InChI is InChI=1S/C14H22N2O4S/c1-5-11(3)16-14(17)9-15-21(18,19)13-8-10(2)6-7-12(13)20-4/h6-8,11,15H,5,9H2,1-4H3,(H,16,17). The molecule has 118 valence electrons. The zero-order valence-electron chi connectivity index (χ0n) is 12.8. The summed E-state index contributed by atoms with van der Waals surface area (Å²) in [4.78, 5) is 11.7. The lowest BCUT2D eigenvalue weighted by molar-refractivity contribution is -0.120. The van der Waals surface area contributed by atoms with Gasteiger partial charge in [-0.2, -0.15) is 0 Å². The summed E-state index contributed by atoms with van der Waals surface area (Å²) >= 11 is 0. The first-order chi connectivity index (χ1) is 9.80. The first-order valence-electron chi connectivity index (χ1n) is 6.73. The number of nitrogens with one attached hydrogen (secondary N) is 2. The molecule has 6 nitrogen and oxygen atoms in total. The second-order valence-electron chi connectivity index (χ2n) is 4.86. The lowest BCUT2D eigenvalue weighted by Crippen LogP contribution is -2.40. The van der Waals surface area contributed by atoms with Crippen LogP contribution in [0.2, 0.25) is 0 Å². The van der Waals surface area contributed by atoms with Gasteiger partial charge in [-0.15, -0.1) is 0 Å². The van der Waals surface area contributed by atoms with Crippen molar-refractivity contribution in [3.63, 3.8) is 0 Å².